The lowest BCUT2D eigenvalue weighted by Gasteiger charge is -2.18. The van der Waals surface area contributed by atoms with E-state index in [1.165, 1.54) is 4.68 Å². The lowest BCUT2D eigenvalue weighted by atomic mass is 9.96. The first-order valence-electron chi connectivity index (χ1n) is 15.8. The Labute approximate surface area is 270 Å². The minimum atomic E-state index is -0.254. The molecule has 0 N–H and O–H groups in total. The second kappa shape index (κ2) is 14.7. The molecule has 1 aromatic heterocycles. The second-order valence-electron chi connectivity index (χ2n) is 11.3. The third kappa shape index (κ3) is 7.04. The number of hydrogen-bond donors (Lipinski definition) is 0. The van der Waals surface area contributed by atoms with Gasteiger partial charge < -0.3 is 14.2 Å². The molecule has 4 aromatic carbocycles. The maximum Gasteiger partial charge on any atom is 0.282 e. The lowest BCUT2D eigenvalue weighted by Crippen LogP contribution is -2.21. The van der Waals surface area contributed by atoms with Crippen LogP contribution in [0.1, 0.15) is 61.4 Å². The first-order chi connectivity index (χ1) is 22.3. The molecule has 0 aliphatic rings. The Morgan fingerprint density at radius 1 is 0.913 bits per heavy atom. The Bertz CT molecular complexity index is 1930. The molecule has 0 spiro atoms. The van der Waals surface area contributed by atoms with Crippen LogP contribution in [0.15, 0.2) is 101 Å². The van der Waals surface area contributed by atoms with Crippen LogP contribution in [-0.2, 0) is 13.0 Å². The molecule has 0 unspecified atom stereocenters. The molecule has 0 saturated carbocycles. The molecule has 236 valence electrons. The molecule has 0 amide bonds. The van der Waals surface area contributed by atoms with Crippen molar-refractivity contribution in [1.29, 1.82) is 0 Å². The molecule has 1 heterocycles. The van der Waals surface area contributed by atoms with E-state index in [9.17, 15) is 4.79 Å². The van der Waals surface area contributed by atoms with Gasteiger partial charge in [0.15, 0.2) is 17.3 Å². The third-order valence-electron chi connectivity index (χ3n) is 7.64. The number of rotatable bonds is 13. The summed E-state index contributed by atoms with van der Waals surface area (Å²) >= 11 is 0. The summed E-state index contributed by atoms with van der Waals surface area (Å²) in [5.74, 6) is 2.77. The fraction of sp³-hybridized carbons (Fsp3) is 0.256. The van der Waals surface area contributed by atoms with Gasteiger partial charge in [-0.3, -0.25) is 4.79 Å². The van der Waals surface area contributed by atoms with E-state index >= 15 is 0 Å². The second-order valence-corrected chi connectivity index (χ2v) is 11.3. The van der Waals surface area contributed by atoms with Gasteiger partial charge in [0.1, 0.15) is 12.4 Å². The van der Waals surface area contributed by atoms with Crippen LogP contribution in [0.4, 0.5) is 0 Å². The SMILES string of the molecule is C=CCc1cc(C=Nn2c(-c3cc(C(C)C)c(OCC)cc3C)nc3ccccc3c2=O)cc(OCC)c1OCc1ccccc1. The number of aryl methyl sites for hydroxylation is 1. The fourth-order valence-electron chi connectivity index (χ4n) is 5.42. The van der Waals surface area contributed by atoms with Gasteiger partial charge in [0.05, 0.1) is 30.3 Å². The minimum Gasteiger partial charge on any atom is -0.494 e. The van der Waals surface area contributed by atoms with Crippen LogP contribution in [0.5, 0.6) is 17.2 Å². The normalized spacial score (nSPS) is 11.3. The van der Waals surface area contributed by atoms with Crippen LogP contribution in [-0.4, -0.2) is 29.1 Å². The summed E-state index contributed by atoms with van der Waals surface area (Å²) in [5.41, 5.74) is 5.87. The third-order valence-corrected chi connectivity index (χ3v) is 7.64. The maximum atomic E-state index is 14.0. The van der Waals surface area contributed by atoms with Crippen molar-refractivity contribution < 1.29 is 14.2 Å². The van der Waals surface area contributed by atoms with E-state index in [1.807, 2.05) is 93.6 Å². The van der Waals surface area contributed by atoms with Gasteiger partial charge >= 0.3 is 0 Å². The van der Waals surface area contributed by atoms with Crippen LogP contribution >= 0.6 is 0 Å². The zero-order valence-electron chi connectivity index (χ0n) is 27.2. The van der Waals surface area contributed by atoms with E-state index in [0.717, 1.165) is 39.1 Å². The summed E-state index contributed by atoms with van der Waals surface area (Å²) in [7, 11) is 0. The highest BCUT2D eigenvalue weighted by Crippen LogP contribution is 2.36. The summed E-state index contributed by atoms with van der Waals surface area (Å²) < 4.78 is 19.7. The quantitative estimate of drug-likeness (QED) is 0.0981. The van der Waals surface area contributed by atoms with E-state index in [2.05, 4.69) is 26.5 Å². The Hall–Kier alpha value is -5.17. The number of benzene rings is 4. The van der Waals surface area contributed by atoms with Gasteiger partial charge in [-0.1, -0.05) is 62.4 Å². The molecule has 0 bridgehead atoms. The lowest BCUT2D eigenvalue weighted by molar-refractivity contribution is 0.267. The standard InChI is InChI=1S/C39H41N3O4/c1-7-15-30-21-29(22-36(45-9-3)37(30)46-25-28-16-11-10-12-17-28)24-40-42-38(41-34-19-14-13-18-31(34)39(42)43)33-23-32(26(4)5)35(44-8-2)20-27(33)6/h7,10-14,16-24,26H,1,8-9,15,25H2,2-6H3. The Morgan fingerprint density at radius 2 is 1.63 bits per heavy atom. The monoisotopic (exact) mass is 615 g/mol. The van der Waals surface area contributed by atoms with Gasteiger partial charge in [0.2, 0.25) is 0 Å². The van der Waals surface area contributed by atoms with Crippen LogP contribution in [0.3, 0.4) is 0 Å². The summed E-state index contributed by atoms with van der Waals surface area (Å²) in [5, 5.41) is 5.25. The molecule has 46 heavy (non-hydrogen) atoms. The Morgan fingerprint density at radius 3 is 2.35 bits per heavy atom. The van der Waals surface area contributed by atoms with E-state index in [0.29, 0.717) is 54.5 Å². The number of fused-ring (bicyclic) bond motifs is 1. The van der Waals surface area contributed by atoms with Crippen molar-refractivity contribution in [3.8, 4) is 28.6 Å². The summed E-state index contributed by atoms with van der Waals surface area (Å²) in [4.78, 5) is 18.9. The largest absolute Gasteiger partial charge is 0.494 e. The molecule has 0 aliphatic carbocycles. The van der Waals surface area contributed by atoms with E-state index in [1.54, 1.807) is 12.3 Å². The number of para-hydroxylation sites is 1. The van der Waals surface area contributed by atoms with Crippen molar-refractivity contribution in [2.24, 2.45) is 5.10 Å². The zero-order chi connectivity index (χ0) is 32.6. The smallest absolute Gasteiger partial charge is 0.282 e. The number of allylic oxidation sites excluding steroid dienone is 1. The number of aromatic nitrogens is 2. The van der Waals surface area contributed by atoms with E-state index in [-0.39, 0.29) is 11.5 Å². The van der Waals surface area contributed by atoms with E-state index < -0.39 is 0 Å². The van der Waals surface area contributed by atoms with Crippen LogP contribution in [0.25, 0.3) is 22.3 Å². The summed E-state index contributed by atoms with van der Waals surface area (Å²) in [6.07, 6.45) is 4.07. The van der Waals surface area contributed by atoms with Crippen molar-refractivity contribution in [1.82, 2.24) is 9.66 Å². The fourth-order valence-corrected chi connectivity index (χ4v) is 5.42. The average molecular weight is 616 g/mol. The van der Waals surface area contributed by atoms with Crippen molar-refractivity contribution in [3.05, 3.63) is 130 Å². The number of ether oxygens (including phenoxy) is 3. The van der Waals surface area contributed by atoms with Gasteiger partial charge in [-0.2, -0.15) is 9.78 Å². The van der Waals surface area contributed by atoms with Gasteiger partial charge in [0, 0.05) is 11.1 Å². The molecule has 0 fully saturated rings. The molecule has 7 nitrogen and oxygen atoms in total. The molecular weight excluding hydrogens is 574 g/mol. The predicted molar refractivity (Wildman–Crippen MR) is 187 cm³/mol. The van der Waals surface area contributed by atoms with Crippen molar-refractivity contribution >= 4 is 17.1 Å². The highest BCUT2D eigenvalue weighted by Gasteiger charge is 2.19. The summed E-state index contributed by atoms with van der Waals surface area (Å²) in [6, 6.07) is 25.3. The first kappa shape index (κ1) is 32.2. The number of nitrogens with zero attached hydrogens (tertiary/aromatic N) is 3. The van der Waals surface area contributed by atoms with Crippen molar-refractivity contribution in [3.63, 3.8) is 0 Å². The van der Waals surface area contributed by atoms with Crippen LogP contribution in [0.2, 0.25) is 0 Å². The van der Waals surface area contributed by atoms with Crippen LogP contribution in [0, 0.1) is 6.92 Å². The molecule has 0 aliphatic heterocycles. The number of hydrogen-bond acceptors (Lipinski definition) is 6. The molecule has 0 radical (unpaired) electrons. The molecule has 5 aromatic rings. The van der Waals surface area contributed by atoms with Gasteiger partial charge in [-0.25, -0.2) is 4.98 Å². The Balaban J connectivity index is 1.64. The molecule has 0 atom stereocenters. The van der Waals surface area contributed by atoms with Crippen molar-refractivity contribution in [2.45, 2.75) is 53.6 Å². The van der Waals surface area contributed by atoms with Crippen molar-refractivity contribution in [2.75, 3.05) is 13.2 Å². The minimum absolute atomic E-state index is 0.202. The highest BCUT2D eigenvalue weighted by atomic mass is 16.5. The van der Waals surface area contributed by atoms with Crippen LogP contribution < -0.4 is 19.8 Å². The maximum absolute atomic E-state index is 14.0. The van der Waals surface area contributed by atoms with E-state index in [4.69, 9.17) is 24.3 Å². The highest BCUT2D eigenvalue weighted by molar-refractivity contribution is 5.83. The molecular formula is C39H41N3O4. The Kier molecular flexibility index (Phi) is 10.3. The van der Waals surface area contributed by atoms with Gasteiger partial charge in [-0.15, -0.1) is 6.58 Å². The van der Waals surface area contributed by atoms with Gasteiger partial charge in [-0.05, 0) is 91.8 Å². The average Bonchev–Trinajstić information content (AvgIpc) is 3.05. The molecule has 5 rings (SSSR count). The summed E-state index contributed by atoms with van der Waals surface area (Å²) in [6.45, 7) is 15.5. The molecule has 0 saturated heterocycles. The predicted octanol–water partition coefficient (Wildman–Crippen LogP) is 8.48. The topological polar surface area (TPSA) is 74.9 Å². The first-order valence-corrected chi connectivity index (χ1v) is 15.8. The van der Waals surface area contributed by atoms with Gasteiger partial charge in [0.25, 0.3) is 5.56 Å². The zero-order valence-corrected chi connectivity index (χ0v) is 27.2. The molecule has 7 heteroatoms.